The average Bonchev–Trinajstić information content (AvgIpc) is 2.37. The number of aryl methyl sites for hydroxylation is 1. The minimum absolute atomic E-state index is 0.0985. The van der Waals surface area contributed by atoms with Crippen LogP contribution in [0, 0.1) is 12.3 Å². The number of hydrogen-bond donors (Lipinski definition) is 3. The Labute approximate surface area is 137 Å². The molecule has 0 aliphatic heterocycles. The van der Waals surface area contributed by atoms with Crippen molar-refractivity contribution in [1.82, 2.24) is 0 Å². The predicted molar refractivity (Wildman–Crippen MR) is 88.4 cm³/mol. The number of benzene rings is 1. The van der Waals surface area contributed by atoms with E-state index < -0.39 is 25.9 Å². The van der Waals surface area contributed by atoms with E-state index in [9.17, 15) is 23.2 Å². The molecule has 0 aromatic heterocycles. The summed E-state index contributed by atoms with van der Waals surface area (Å²) < 4.78 is 37.8. The number of phenols is 1. The molecule has 6 nitrogen and oxygen atoms in total. The van der Waals surface area contributed by atoms with Crippen LogP contribution in [-0.4, -0.2) is 35.9 Å². The normalized spacial score (nSPS) is 16.0. The molecular formula is C16H26O6S. The lowest BCUT2D eigenvalue weighted by Crippen LogP contribution is -2.56. The first-order valence-electron chi connectivity index (χ1n) is 7.18. The first-order chi connectivity index (χ1) is 10.1. The van der Waals surface area contributed by atoms with Gasteiger partial charge in [-0.25, -0.2) is 0 Å². The van der Waals surface area contributed by atoms with Gasteiger partial charge in [0, 0.05) is 5.41 Å². The smallest absolute Gasteiger partial charge is 0.275 e. The van der Waals surface area contributed by atoms with E-state index in [0.717, 1.165) is 0 Å². The number of phenolic OH excluding ortho intramolecular Hbond substituents is 1. The number of rotatable bonds is 5. The van der Waals surface area contributed by atoms with Crippen molar-refractivity contribution >= 4 is 10.1 Å². The van der Waals surface area contributed by atoms with E-state index in [0.29, 0.717) is 5.56 Å². The summed E-state index contributed by atoms with van der Waals surface area (Å²) in [5, 5.41) is 20.5. The van der Waals surface area contributed by atoms with Crippen LogP contribution >= 0.6 is 0 Å². The summed E-state index contributed by atoms with van der Waals surface area (Å²) in [6, 6.07) is 2.84. The lowest BCUT2D eigenvalue weighted by atomic mass is 9.65. The van der Waals surface area contributed by atoms with E-state index in [1.807, 2.05) is 0 Å². The lowest BCUT2D eigenvalue weighted by Gasteiger charge is -2.49. The molecular weight excluding hydrogens is 320 g/mol. The molecule has 0 aliphatic carbocycles. The van der Waals surface area contributed by atoms with Crippen LogP contribution in [0.3, 0.4) is 0 Å². The fraction of sp³-hybridized carbons (Fsp3) is 0.625. The topological polar surface area (TPSA) is 104 Å². The van der Waals surface area contributed by atoms with Crippen LogP contribution in [-0.2, 0) is 14.9 Å². The second kappa shape index (κ2) is 5.65. The van der Waals surface area contributed by atoms with Gasteiger partial charge in [0.05, 0.1) is 12.7 Å². The number of hydrogen-bond acceptors (Lipinski definition) is 5. The Morgan fingerprint density at radius 2 is 1.57 bits per heavy atom. The summed E-state index contributed by atoms with van der Waals surface area (Å²) in [4.78, 5) is 0. The van der Waals surface area contributed by atoms with Gasteiger partial charge in [-0.1, -0.05) is 19.9 Å². The molecule has 0 bridgehead atoms. The van der Waals surface area contributed by atoms with Gasteiger partial charge in [0.15, 0.2) is 11.5 Å². The second-order valence-electron chi connectivity index (χ2n) is 7.04. The zero-order chi connectivity index (χ0) is 18.4. The molecule has 7 heteroatoms. The van der Waals surface area contributed by atoms with Crippen molar-refractivity contribution in [3.63, 3.8) is 0 Å². The standard InChI is InChI=1S/C16H26O6S/c1-10-8-11(9-12(22-7)13(10)17)16(6,23(19,20)21)14(2,3)15(4,5)18/h8-9,17-18H,1-7H3,(H,19,20,21). The molecule has 3 N–H and O–H groups in total. The third-order valence-corrected chi connectivity index (χ3v) is 7.05. The van der Waals surface area contributed by atoms with Crippen LogP contribution in [0.25, 0.3) is 0 Å². The quantitative estimate of drug-likeness (QED) is 0.708. The summed E-state index contributed by atoms with van der Waals surface area (Å²) in [6.45, 7) is 9.06. The van der Waals surface area contributed by atoms with E-state index in [4.69, 9.17) is 4.74 Å². The molecule has 1 rings (SSSR count). The van der Waals surface area contributed by atoms with Gasteiger partial charge in [-0.2, -0.15) is 8.42 Å². The highest BCUT2D eigenvalue weighted by molar-refractivity contribution is 7.86. The second-order valence-corrected chi connectivity index (χ2v) is 8.80. The molecule has 0 saturated heterocycles. The summed E-state index contributed by atoms with van der Waals surface area (Å²) in [5.74, 6) is -0.00331. The highest BCUT2D eigenvalue weighted by Crippen LogP contribution is 2.52. The molecule has 1 aromatic rings. The Bertz CT molecular complexity index is 700. The zero-order valence-electron chi connectivity index (χ0n) is 14.6. The SMILES string of the molecule is COc1cc(C(C)(C(C)(C)C(C)(C)O)S(=O)(=O)O)cc(C)c1O. The Balaban J connectivity index is 3.88. The maximum Gasteiger partial charge on any atom is 0.275 e. The van der Waals surface area contributed by atoms with Crippen LogP contribution in [0.4, 0.5) is 0 Å². The largest absolute Gasteiger partial charge is 0.504 e. The van der Waals surface area contributed by atoms with Crippen LogP contribution in [0.5, 0.6) is 11.5 Å². The number of ether oxygens (including phenoxy) is 1. The highest BCUT2D eigenvalue weighted by Gasteiger charge is 2.58. The summed E-state index contributed by atoms with van der Waals surface area (Å²) in [6.07, 6.45) is 0. The minimum Gasteiger partial charge on any atom is -0.504 e. The van der Waals surface area contributed by atoms with Crippen molar-refractivity contribution in [3.05, 3.63) is 23.3 Å². The lowest BCUT2D eigenvalue weighted by molar-refractivity contribution is -0.0592. The maximum absolute atomic E-state index is 12.3. The van der Waals surface area contributed by atoms with E-state index >= 15 is 0 Å². The molecule has 0 saturated carbocycles. The van der Waals surface area contributed by atoms with E-state index in [1.54, 1.807) is 20.8 Å². The van der Waals surface area contributed by atoms with Crippen molar-refractivity contribution in [2.24, 2.45) is 5.41 Å². The molecule has 0 spiro atoms. The van der Waals surface area contributed by atoms with Gasteiger partial charge in [0.1, 0.15) is 4.75 Å². The molecule has 0 aliphatic rings. The molecule has 1 unspecified atom stereocenters. The molecule has 1 atom stereocenters. The third-order valence-electron chi connectivity index (χ3n) is 5.27. The predicted octanol–water partition coefficient (Wildman–Crippen LogP) is 2.61. The van der Waals surface area contributed by atoms with Gasteiger partial charge in [-0.15, -0.1) is 0 Å². The van der Waals surface area contributed by atoms with Crippen LogP contribution in [0.1, 0.15) is 45.7 Å². The molecule has 132 valence electrons. The van der Waals surface area contributed by atoms with Crippen LogP contribution < -0.4 is 4.74 Å². The molecule has 0 fully saturated rings. The third kappa shape index (κ3) is 2.93. The van der Waals surface area contributed by atoms with Gasteiger partial charge in [0.2, 0.25) is 0 Å². The van der Waals surface area contributed by atoms with E-state index in [2.05, 4.69) is 0 Å². The van der Waals surface area contributed by atoms with Crippen molar-refractivity contribution in [2.45, 2.75) is 51.9 Å². The van der Waals surface area contributed by atoms with Gasteiger partial charge in [0.25, 0.3) is 10.1 Å². The van der Waals surface area contributed by atoms with Crippen LogP contribution in [0.15, 0.2) is 12.1 Å². The highest BCUT2D eigenvalue weighted by atomic mass is 32.2. The van der Waals surface area contributed by atoms with Crippen molar-refractivity contribution in [1.29, 1.82) is 0 Å². The molecule has 0 radical (unpaired) electrons. The van der Waals surface area contributed by atoms with Crippen molar-refractivity contribution < 1.29 is 27.9 Å². The summed E-state index contributed by atoms with van der Waals surface area (Å²) in [7, 11) is -3.26. The van der Waals surface area contributed by atoms with Gasteiger partial charge >= 0.3 is 0 Å². The molecule has 0 amide bonds. The number of methoxy groups -OCH3 is 1. The summed E-state index contributed by atoms with van der Waals surface area (Å²) in [5.41, 5.74) is -2.06. The maximum atomic E-state index is 12.3. The Hall–Kier alpha value is -1.31. The molecule has 1 aromatic carbocycles. The Morgan fingerprint density at radius 3 is 1.91 bits per heavy atom. The van der Waals surface area contributed by atoms with Gasteiger partial charge in [-0.05, 0) is 44.9 Å². The van der Waals surface area contributed by atoms with Crippen molar-refractivity contribution in [2.75, 3.05) is 7.11 Å². The zero-order valence-corrected chi connectivity index (χ0v) is 15.4. The van der Waals surface area contributed by atoms with Gasteiger partial charge in [-0.3, -0.25) is 4.55 Å². The first kappa shape index (κ1) is 19.7. The Morgan fingerprint density at radius 1 is 1.09 bits per heavy atom. The van der Waals surface area contributed by atoms with Crippen molar-refractivity contribution in [3.8, 4) is 11.5 Å². The van der Waals surface area contributed by atoms with Crippen LogP contribution in [0.2, 0.25) is 0 Å². The Kier molecular flexibility index (Phi) is 4.85. The number of aliphatic hydroxyl groups is 1. The molecule has 0 heterocycles. The molecule has 23 heavy (non-hydrogen) atoms. The average molecular weight is 346 g/mol. The van der Waals surface area contributed by atoms with E-state index in [-0.39, 0.29) is 17.1 Å². The number of aromatic hydroxyl groups is 1. The summed E-state index contributed by atoms with van der Waals surface area (Å²) >= 11 is 0. The minimum atomic E-state index is -4.61. The van der Waals surface area contributed by atoms with E-state index in [1.165, 1.54) is 40.0 Å². The monoisotopic (exact) mass is 346 g/mol. The fourth-order valence-corrected chi connectivity index (χ4v) is 3.90. The first-order valence-corrected chi connectivity index (χ1v) is 8.62. The fourth-order valence-electron chi connectivity index (χ4n) is 2.59. The van der Waals surface area contributed by atoms with Gasteiger partial charge < -0.3 is 14.9 Å².